The van der Waals surface area contributed by atoms with Gasteiger partial charge < -0.3 is 9.47 Å². The van der Waals surface area contributed by atoms with Crippen molar-refractivity contribution in [1.82, 2.24) is 0 Å². The molecule has 0 aliphatic rings. The van der Waals surface area contributed by atoms with E-state index >= 15 is 0 Å². The molecule has 0 spiro atoms. The van der Waals surface area contributed by atoms with Gasteiger partial charge in [-0.15, -0.1) is 0 Å². The van der Waals surface area contributed by atoms with Crippen LogP contribution in [0.25, 0.3) is 0 Å². The molecule has 0 aromatic rings. The molecule has 0 radical (unpaired) electrons. The number of hydrogen-bond acceptors (Lipinski definition) is 4. The van der Waals surface area contributed by atoms with Crippen molar-refractivity contribution >= 4 is 57.1 Å². The van der Waals surface area contributed by atoms with Crippen LogP contribution < -0.4 is 0 Å². The number of rotatable bonds is 12. The topological polar surface area (TPSA) is 52.6 Å². The lowest BCUT2D eigenvalue weighted by Crippen LogP contribution is -2.06. The van der Waals surface area contributed by atoms with Crippen LogP contribution in [0.5, 0.6) is 0 Å². The maximum Gasteiger partial charge on any atom is 0.306 e. The second-order valence-corrected chi connectivity index (χ2v) is 6.24. The maximum absolute atomic E-state index is 11.1. The van der Waals surface area contributed by atoms with Crippen LogP contribution in [0, 0.1) is 0 Å². The highest BCUT2D eigenvalue weighted by Gasteiger charge is 2.01. The summed E-state index contributed by atoms with van der Waals surface area (Å²) in [6, 6.07) is 0. The number of hydrogen-bond donors (Lipinski definition) is 0. The Balaban J connectivity index is 3.15. The summed E-state index contributed by atoms with van der Waals surface area (Å²) in [5.74, 6) is -0.201. The smallest absolute Gasteiger partial charge is 0.306 e. The summed E-state index contributed by atoms with van der Waals surface area (Å²) in [4.78, 5) is 22.1. The molecule has 4 nitrogen and oxygen atoms in total. The molecule has 0 fully saturated rings. The van der Waals surface area contributed by atoms with Crippen LogP contribution in [0.15, 0.2) is 0 Å². The second-order valence-electron chi connectivity index (χ2n) is 4.09. The Morgan fingerprint density at radius 3 is 1.42 bits per heavy atom. The van der Waals surface area contributed by atoms with Crippen molar-refractivity contribution in [1.29, 1.82) is 0 Å². The fraction of sp³-hybridized carbons (Fsp3) is 0.846. The van der Waals surface area contributed by atoms with E-state index in [1.54, 1.807) is 0 Å². The first-order valence-electron chi connectivity index (χ1n) is 6.64. The molecule has 0 aromatic carbocycles. The fourth-order valence-electron chi connectivity index (χ4n) is 1.41. The Morgan fingerprint density at radius 1 is 0.684 bits per heavy atom. The lowest BCUT2D eigenvalue weighted by molar-refractivity contribution is -0.144. The van der Waals surface area contributed by atoms with Crippen molar-refractivity contribution in [3.8, 4) is 0 Å². The molecule has 0 amide bonds. The third kappa shape index (κ3) is 14.6. The van der Waals surface area contributed by atoms with E-state index in [1.165, 1.54) is 0 Å². The summed E-state index contributed by atoms with van der Waals surface area (Å²) >= 11 is 4.32. The Kier molecular flexibility index (Phi) is 15.1. The van der Waals surface area contributed by atoms with Crippen molar-refractivity contribution in [3.63, 3.8) is 0 Å². The molecule has 0 aliphatic heterocycles. The predicted molar refractivity (Wildman–Crippen MR) is 92.0 cm³/mol. The molecule has 0 saturated carbocycles. The van der Waals surface area contributed by atoms with Crippen molar-refractivity contribution < 1.29 is 19.1 Å². The quantitative estimate of drug-likeness (QED) is 0.179. The molecule has 0 rings (SSSR count). The van der Waals surface area contributed by atoms with Gasteiger partial charge in [0.15, 0.2) is 0 Å². The second kappa shape index (κ2) is 14.8. The van der Waals surface area contributed by atoms with Crippen LogP contribution in [-0.2, 0) is 19.1 Å². The molecule has 0 unspecified atom stereocenters. The first-order chi connectivity index (χ1) is 9.20. The summed E-state index contributed by atoms with van der Waals surface area (Å²) < 4.78 is 11.7. The number of esters is 2. The van der Waals surface area contributed by atoms with Gasteiger partial charge >= 0.3 is 11.9 Å². The molecule has 19 heavy (non-hydrogen) atoms. The highest BCUT2D eigenvalue weighted by molar-refractivity contribution is 14.1. The van der Waals surface area contributed by atoms with Gasteiger partial charge in [0.2, 0.25) is 0 Å². The van der Waals surface area contributed by atoms with Crippen molar-refractivity contribution in [3.05, 3.63) is 0 Å². The number of alkyl halides is 2. The van der Waals surface area contributed by atoms with E-state index in [4.69, 9.17) is 9.47 Å². The number of carbonyl (C=O) groups excluding carboxylic acids is 2. The summed E-state index contributed by atoms with van der Waals surface area (Å²) in [5, 5.41) is 0. The molecule has 0 aromatic heterocycles. The standard InChI is InChI=1S/C13H22I2O4/c14-8-6-12(16)18-10-4-2-1-3-5-11-19-13(17)7-9-15/h1-11H2. The van der Waals surface area contributed by atoms with Crippen molar-refractivity contribution in [2.24, 2.45) is 0 Å². The number of ether oxygens (including phenoxy) is 2. The number of halogens is 2. The highest BCUT2D eigenvalue weighted by atomic mass is 127. The fourth-order valence-corrected chi connectivity index (χ4v) is 2.29. The van der Waals surface area contributed by atoms with Gasteiger partial charge in [0.25, 0.3) is 0 Å². The lowest BCUT2D eigenvalue weighted by atomic mass is 10.1. The summed E-state index contributed by atoms with van der Waals surface area (Å²) in [6.07, 6.45) is 6.04. The Hall–Kier alpha value is 0.400. The maximum atomic E-state index is 11.1. The van der Waals surface area contributed by atoms with E-state index in [9.17, 15) is 9.59 Å². The van der Waals surface area contributed by atoms with Gasteiger partial charge in [-0.1, -0.05) is 64.4 Å². The lowest BCUT2D eigenvalue weighted by Gasteiger charge is -2.05. The predicted octanol–water partition coefficient (Wildman–Crippen LogP) is 3.67. The van der Waals surface area contributed by atoms with Gasteiger partial charge in [-0.05, 0) is 12.8 Å². The zero-order valence-electron chi connectivity index (χ0n) is 11.2. The van der Waals surface area contributed by atoms with E-state index in [2.05, 4.69) is 45.2 Å². The van der Waals surface area contributed by atoms with E-state index in [1.807, 2.05) is 0 Å². The normalized spacial score (nSPS) is 10.2. The molecule has 0 saturated heterocycles. The Morgan fingerprint density at radius 2 is 1.05 bits per heavy atom. The number of carbonyl (C=O) groups is 2. The minimum atomic E-state index is -0.100. The van der Waals surface area contributed by atoms with Crippen LogP contribution in [0.3, 0.4) is 0 Å². The van der Waals surface area contributed by atoms with Crippen molar-refractivity contribution in [2.45, 2.75) is 44.9 Å². The highest BCUT2D eigenvalue weighted by Crippen LogP contribution is 2.04. The van der Waals surface area contributed by atoms with Crippen LogP contribution in [0.2, 0.25) is 0 Å². The molecule has 112 valence electrons. The van der Waals surface area contributed by atoms with Gasteiger partial charge in [-0.2, -0.15) is 0 Å². The van der Waals surface area contributed by atoms with E-state index in [0.717, 1.165) is 41.0 Å². The molecule has 0 heterocycles. The Bertz CT molecular complexity index is 223. The number of unbranched alkanes of at least 4 members (excludes halogenated alkanes) is 4. The molecule has 0 bridgehead atoms. The van der Waals surface area contributed by atoms with Crippen LogP contribution in [0.1, 0.15) is 44.9 Å². The first kappa shape index (κ1) is 19.4. The largest absolute Gasteiger partial charge is 0.466 e. The molecule has 0 aliphatic carbocycles. The molecular formula is C13H22I2O4. The van der Waals surface area contributed by atoms with Crippen LogP contribution in [0.4, 0.5) is 0 Å². The monoisotopic (exact) mass is 496 g/mol. The SMILES string of the molecule is O=C(CCI)OCCCCCCCOC(=O)CCI. The van der Waals surface area contributed by atoms with E-state index < -0.39 is 0 Å². The third-order valence-electron chi connectivity index (χ3n) is 2.41. The zero-order chi connectivity index (χ0) is 14.3. The minimum absolute atomic E-state index is 0.100. The van der Waals surface area contributed by atoms with Gasteiger partial charge in [-0.25, -0.2) is 0 Å². The average molecular weight is 496 g/mol. The van der Waals surface area contributed by atoms with Gasteiger partial charge in [0.05, 0.1) is 26.1 Å². The third-order valence-corrected chi connectivity index (χ3v) is 3.49. The van der Waals surface area contributed by atoms with Crippen LogP contribution >= 0.6 is 45.2 Å². The zero-order valence-corrected chi connectivity index (χ0v) is 15.5. The first-order valence-corrected chi connectivity index (χ1v) is 9.69. The summed E-state index contributed by atoms with van der Waals surface area (Å²) in [6.45, 7) is 1.06. The van der Waals surface area contributed by atoms with Gasteiger partial charge in [-0.3, -0.25) is 9.59 Å². The van der Waals surface area contributed by atoms with E-state index in [0.29, 0.717) is 26.1 Å². The summed E-state index contributed by atoms with van der Waals surface area (Å²) in [5.41, 5.74) is 0. The van der Waals surface area contributed by atoms with Crippen LogP contribution in [-0.4, -0.2) is 34.0 Å². The van der Waals surface area contributed by atoms with Gasteiger partial charge in [0, 0.05) is 8.86 Å². The molecule has 0 atom stereocenters. The summed E-state index contributed by atoms with van der Waals surface area (Å²) in [7, 11) is 0. The van der Waals surface area contributed by atoms with Crippen molar-refractivity contribution in [2.75, 3.05) is 22.1 Å². The Labute approximate surface area is 142 Å². The van der Waals surface area contributed by atoms with E-state index in [-0.39, 0.29) is 11.9 Å². The molecule has 0 N–H and O–H groups in total. The molecular weight excluding hydrogens is 474 g/mol. The average Bonchev–Trinajstić information content (AvgIpc) is 2.37. The molecule has 6 heteroatoms. The van der Waals surface area contributed by atoms with Gasteiger partial charge in [0.1, 0.15) is 0 Å². The minimum Gasteiger partial charge on any atom is -0.466 e.